The SMILES string of the molecule is CC(c1ccc(F)cc1)(c1ncc(S(N)(=O)=O)cc1C#N)C(F)(F)F. The average Bonchev–Trinajstić information content (AvgIpc) is 2.52. The van der Waals surface area contributed by atoms with E-state index in [1.807, 2.05) is 0 Å². The quantitative estimate of drug-likeness (QED) is 0.837. The topological polar surface area (TPSA) is 96.8 Å². The van der Waals surface area contributed by atoms with Crippen LogP contribution in [0.15, 0.2) is 41.4 Å². The van der Waals surface area contributed by atoms with Gasteiger partial charge in [-0.3, -0.25) is 4.98 Å². The number of benzene rings is 1. The molecule has 0 fully saturated rings. The molecule has 1 heterocycles. The number of nitriles is 1. The van der Waals surface area contributed by atoms with E-state index in [1.165, 1.54) is 6.07 Å². The molecule has 0 radical (unpaired) electrons. The lowest BCUT2D eigenvalue weighted by Gasteiger charge is -2.32. The maximum Gasteiger partial charge on any atom is 0.403 e. The smallest absolute Gasteiger partial charge is 0.257 e. The molecule has 1 atom stereocenters. The number of nitrogens with two attached hydrogens (primary N) is 1. The van der Waals surface area contributed by atoms with Gasteiger partial charge in [0.25, 0.3) is 0 Å². The van der Waals surface area contributed by atoms with Crippen molar-refractivity contribution in [2.75, 3.05) is 0 Å². The molecule has 132 valence electrons. The van der Waals surface area contributed by atoms with Gasteiger partial charge >= 0.3 is 6.18 Å². The number of rotatable bonds is 3. The van der Waals surface area contributed by atoms with Crippen molar-refractivity contribution in [3.8, 4) is 6.07 Å². The second-order valence-electron chi connectivity index (χ2n) is 5.35. The van der Waals surface area contributed by atoms with Crippen LogP contribution >= 0.6 is 0 Å². The van der Waals surface area contributed by atoms with E-state index >= 15 is 0 Å². The zero-order valence-corrected chi connectivity index (χ0v) is 13.5. The third kappa shape index (κ3) is 3.33. The van der Waals surface area contributed by atoms with Gasteiger partial charge in [-0.1, -0.05) is 12.1 Å². The van der Waals surface area contributed by atoms with Crippen LogP contribution in [-0.2, 0) is 15.4 Å². The second kappa shape index (κ2) is 6.09. The van der Waals surface area contributed by atoms with Crippen LogP contribution in [0, 0.1) is 17.1 Å². The van der Waals surface area contributed by atoms with Crippen molar-refractivity contribution < 1.29 is 26.0 Å². The Hall–Kier alpha value is -2.51. The van der Waals surface area contributed by atoms with Gasteiger partial charge in [0.2, 0.25) is 10.0 Å². The van der Waals surface area contributed by atoms with Crippen LogP contribution in [0.3, 0.4) is 0 Å². The Kier molecular flexibility index (Phi) is 4.59. The molecule has 1 unspecified atom stereocenters. The summed E-state index contributed by atoms with van der Waals surface area (Å²) >= 11 is 0. The highest BCUT2D eigenvalue weighted by molar-refractivity contribution is 7.89. The molecular formula is C15H11F4N3O2S. The highest BCUT2D eigenvalue weighted by atomic mass is 32.2. The fraction of sp³-hybridized carbons (Fsp3) is 0.200. The van der Waals surface area contributed by atoms with Crippen molar-refractivity contribution in [3.05, 3.63) is 59.2 Å². The van der Waals surface area contributed by atoms with Gasteiger partial charge in [0.05, 0.1) is 11.3 Å². The van der Waals surface area contributed by atoms with Crippen LogP contribution in [0.4, 0.5) is 17.6 Å². The Morgan fingerprint density at radius 1 is 1.20 bits per heavy atom. The Bertz CT molecular complexity index is 950. The highest BCUT2D eigenvalue weighted by Gasteiger charge is 2.55. The predicted molar refractivity (Wildman–Crippen MR) is 79.2 cm³/mol. The first-order valence-electron chi connectivity index (χ1n) is 6.67. The fourth-order valence-corrected chi connectivity index (χ4v) is 2.78. The molecule has 0 spiro atoms. The first-order chi connectivity index (χ1) is 11.4. The molecule has 0 aliphatic rings. The molecule has 25 heavy (non-hydrogen) atoms. The number of pyridine rings is 1. The predicted octanol–water partition coefficient (Wildman–Crippen LogP) is 2.61. The summed E-state index contributed by atoms with van der Waals surface area (Å²) in [6.07, 6.45) is -4.24. The van der Waals surface area contributed by atoms with Gasteiger partial charge in [-0.25, -0.2) is 17.9 Å². The lowest BCUT2D eigenvalue weighted by Crippen LogP contribution is -2.42. The van der Waals surface area contributed by atoms with Gasteiger partial charge in [0, 0.05) is 6.20 Å². The van der Waals surface area contributed by atoms with Crippen LogP contribution in [0.2, 0.25) is 0 Å². The maximum absolute atomic E-state index is 13.8. The summed E-state index contributed by atoms with van der Waals surface area (Å²) in [4.78, 5) is 2.97. The summed E-state index contributed by atoms with van der Waals surface area (Å²) in [6.45, 7) is 0.778. The first-order valence-corrected chi connectivity index (χ1v) is 8.22. The molecular weight excluding hydrogens is 362 g/mol. The number of halogens is 4. The lowest BCUT2D eigenvalue weighted by molar-refractivity contribution is -0.174. The second-order valence-corrected chi connectivity index (χ2v) is 6.92. The van der Waals surface area contributed by atoms with Crippen molar-refractivity contribution in [3.63, 3.8) is 0 Å². The van der Waals surface area contributed by atoms with Crippen molar-refractivity contribution in [1.82, 2.24) is 4.98 Å². The van der Waals surface area contributed by atoms with E-state index in [-0.39, 0.29) is 5.56 Å². The number of aromatic nitrogens is 1. The molecule has 0 saturated heterocycles. The summed E-state index contributed by atoms with van der Waals surface area (Å²) in [5, 5.41) is 14.1. The molecule has 1 aromatic carbocycles. The summed E-state index contributed by atoms with van der Waals surface area (Å²) in [5.74, 6) is -0.730. The molecule has 1 aromatic heterocycles. The minimum atomic E-state index is -4.90. The van der Waals surface area contributed by atoms with Crippen LogP contribution in [0.1, 0.15) is 23.7 Å². The van der Waals surface area contributed by atoms with Gasteiger partial charge < -0.3 is 0 Å². The molecule has 0 aliphatic carbocycles. The maximum atomic E-state index is 13.8. The normalized spacial score (nSPS) is 14.6. The van der Waals surface area contributed by atoms with Gasteiger partial charge in [-0.2, -0.15) is 18.4 Å². The summed E-state index contributed by atoms with van der Waals surface area (Å²) in [6, 6.07) is 5.80. The number of nitrogens with zero attached hydrogens (tertiary/aromatic N) is 2. The molecule has 0 aliphatic heterocycles. The Morgan fingerprint density at radius 2 is 1.76 bits per heavy atom. The molecule has 2 aromatic rings. The highest BCUT2D eigenvalue weighted by Crippen LogP contribution is 2.46. The fourth-order valence-electron chi connectivity index (χ4n) is 2.30. The third-order valence-corrected chi connectivity index (χ3v) is 4.65. The Morgan fingerprint density at radius 3 is 2.20 bits per heavy atom. The van der Waals surface area contributed by atoms with Crippen molar-refractivity contribution >= 4 is 10.0 Å². The van der Waals surface area contributed by atoms with Crippen LogP contribution < -0.4 is 5.14 Å². The van der Waals surface area contributed by atoms with E-state index in [0.29, 0.717) is 6.20 Å². The zero-order chi connectivity index (χ0) is 19.0. The largest absolute Gasteiger partial charge is 0.403 e. The van der Waals surface area contributed by atoms with Gasteiger partial charge in [-0.05, 0) is 30.7 Å². The van der Waals surface area contributed by atoms with Gasteiger partial charge in [0.1, 0.15) is 22.2 Å². The van der Waals surface area contributed by atoms with Crippen molar-refractivity contribution in [2.45, 2.75) is 23.4 Å². The number of hydrogen-bond acceptors (Lipinski definition) is 4. The Labute approximate surface area is 140 Å². The van der Waals surface area contributed by atoms with E-state index in [9.17, 15) is 31.2 Å². The average molecular weight is 373 g/mol. The summed E-state index contributed by atoms with van der Waals surface area (Å²) in [7, 11) is -4.25. The first kappa shape index (κ1) is 18.8. The summed E-state index contributed by atoms with van der Waals surface area (Å²) < 4.78 is 77.3. The number of sulfonamides is 1. The molecule has 0 saturated carbocycles. The van der Waals surface area contributed by atoms with Crippen molar-refractivity contribution in [2.24, 2.45) is 5.14 Å². The van der Waals surface area contributed by atoms with Crippen LogP contribution in [0.5, 0.6) is 0 Å². The third-order valence-electron chi connectivity index (χ3n) is 3.77. The molecule has 5 nitrogen and oxygen atoms in total. The van der Waals surface area contributed by atoms with E-state index in [4.69, 9.17) is 5.14 Å². The number of hydrogen-bond donors (Lipinski definition) is 1. The van der Waals surface area contributed by atoms with Crippen LogP contribution in [-0.4, -0.2) is 19.6 Å². The zero-order valence-electron chi connectivity index (χ0n) is 12.7. The Balaban J connectivity index is 2.81. The molecule has 0 amide bonds. The van der Waals surface area contributed by atoms with Crippen LogP contribution in [0.25, 0.3) is 0 Å². The van der Waals surface area contributed by atoms with E-state index in [1.54, 1.807) is 0 Å². The molecule has 2 N–H and O–H groups in total. The van der Waals surface area contributed by atoms with E-state index in [2.05, 4.69) is 4.98 Å². The standard InChI is InChI=1S/C15H11F4N3O2S/c1-14(15(17,18)19,10-2-4-11(16)5-3-10)13-9(7-20)6-12(8-22-13)25(21,23)24/h2-6,8H,1H3,(H2,21,23,24). The van der Waals surface area contributed by atoms with E-state index < -0.39 is 43.6 Å². The number of alkyl halides is 3. The van der Waals surface area contributed by atoms with Crippen molar-refractivity contribution in [1.29, 1.82) is 5.26 Å². The molecule has 2 rings (SSSR count). The number of primary sulfonamides is 1. The van der Waals surface area contributed by atoms with Gasteiger partial charge in [-0.15, -0.1) is 0 Å². The van der Waals surface area contributed by atoms with E-state index in [0.717, 1.165) is 37.3 Å². The summed E-state index contributed by atoms with van der Waals surface area (Å²) in [5.41, 5.74) is -4.42. The minimum absolute atomic E-state index is 0.353. The van der Waals surface area contributed by atoms with Gasteiger partial charge in [0.15, 0.2) is 0 Å². The molecule has 10 heteroatoms. The molecule has 0 bridgehead atoms. The lowest BCUT2D eigenvalue weighted by atomic mass is 9.76. The monoisotopic (exact) mass is 373 g/mol. The minimum Gasteiger partial charge on any atom is -0.257 e.